The third-order valence-electron chi connectivity index (χ3n) is 6.74. The van der Waals surface area contributed by atoms with Gasteiger partial charge < -0.3 is 9.84 Å². The van der Waals surface area contributed by atoms with Gasteiger partial charge in [-0.05, 0) is 29.9 Å². The molecule has 0 spiro atoms. The first-order chi connectivity index (χ1) is 13.8. The van der Waals surface area contributed by atoms with Crippen molar-refractivity contribution in [3.05, 3.63) is 71.8 Å². The molecule has 0 amide bonds. The van der Waals surface area contributed by atoms with Crippen molar-refractivity contribution >= 4 is 0 Å². The van der Waals surface area contributed by atoms with Crippen molar-refractivity contribution in [2.45, 2.75) is 43.6 Å². The summed E-state index contributed by atoms with van der Waals surface area (Å²) in [6.45, 7) is 4.33. The number of nitrogens with zero attached hydrogens (tertiary/aromatic N) is 1. The summed E-state index contributed by atoms with van der Waals surface area (Å²) < 4.78 is 5.57. The Morgan fingerprint density at radius 3 is 2.14 bits per heavy atom. The van der Waals surface area contributed by atoms with Gasteiger partial charge in [-0.15, -0.1) is 0 Å². The first kappa shape index (κ1) is 19.6. The molecule has 3 heteroatoms. The Kier molecular flexibility index (Phi) is 6.46. The zero-order valence-corrected chi connectivity index (χ0v) is 16.8. The van der Waals surface area contributed by atoms with Gasteiger partial charge in [-0.1, -0.05) is 79.9 Å². The number of aliphatic hydroxyl groups is 1. The van der Waals surface area contributed by atoms with Crippen molar-refractivity contribution in [3.8, 4) is 0 Å². The second-order valence-electron chi connectivity index (χ2n) is 8.40. The van der Waals surface area contributed by atoms with E-state index >= 15 is 0 Å². The predicted molar refractivity (Wildman–Crippen MR) is 113 cm³/mol. The Morgan fingerprint density at radius 1 is 0.893 bits per heavy atom. The van der Waals surface area contributed by atoms with Gasteiger partial charge in [0, 0.05) is 25.6 Å². The van der Waals surface area contributed by atoms with Crippen LogP contribution in [0.25, 0.3) is 0 Å². The average molecular weight is 380 g/mol. The quantitative estimate of drug-likeness (QED) is 0.798. The third kappa shape index (κ3) is 4.17. The molecular formula is C25H33NO2. The Morgan fingerprint density at radius 2 is 1.50 bits per heavy atom. The zero-order valence-electron chi connectivity index (χ0n) is 16.8. The lowest BCUT2D eigenvalue weighted by Crippen LogP contribution is -2.48. The van der Waals surface area contributed by atoms with E-state index in [9.17, 15) is 5.11 Å². The van der Waals surface area contributed by atoms with Crippen LogP contribution in [0, 0.1) is 5.92 Å². The van der Waals surface area contributed by atoms with E-state index in [0.717, 1.165) is 51.3 Å². The lowest BCUT2D eigenvalue weighted by atomic mass is 9.65. The maximum Gasteiger partial charge on any atom is 0.100 e. The van der Waals surface area contributed by atoms with Crippen molar-refractivity contribution in [1.82, 2.24) is 4.90 Å². The fraction of sp³-hybridized carbons (Fsp3) is 0.520. The van der Waals surface area contributed by atoms with Crippen molar-refractivity contribution in [1.29, 1.82) is 0 Å². The van der Waals surface area contributed by atoms with E-state index < -0.39 is 5.60 Å². The van der Waals surface area contributed by atoms with Gasteiger partial charge in [-0.2, -0.15) is 0 Å². The number of rotatable bonds is 6. The molecule has 150 valence electrons. The van der Waals surface area contributed by atoms with E-state index in [-0.39, 0.29) is 5.92 Å². The standard InChI is InChI=1S/C25H33NO2/c27-25(22-12-6-2-7-13-22,23-14-8-3-9-15-23)24(21-10-4-1-5-11-21)20-26-16-18-28-19-17-26/h1-2,4-7,10-13,23-24,27H,3,8-9,14-20H2/t24-,25-/m0/s1. The van der Waals surface area contributed by atoms with Crippen LogP contribution in [0.2, 0.25) is 0 Å². The largest absolute Gasteiger partial charge is 0.384 e. The Labute approximate surface area is 169 Å². The van der Waals surface area contributed by atoms with Gasteiger partial charge in [0.1, 0.15) is 5.60 Å². The van der Waals surface area contributed by atoms with Crippen molar-refractivity contribution in [3.63, 3.8) is 0 Å². The van der Waals surface area contributed by atoms with Crippen LogP contribution >= 0.6 is 0 Å². The Hall–Kier alpha value is -1.68. The molecule has 0 radical (unpaired) electrons. The van der Waals surface area contributed by atoms with Crippen LogP contribution in [-0.2, 0) is 10.3 Å². The fourth-order valence-corrected chi connectivity index (χ4v) is 5.20. The molecule has 0 aromatic heterocycles. The van der Waals surface area contributed by atoms with Crippen molar-refractivity contribution in [2.75, 3.05) is 32.8 Å². The SMILES string of the molecule is O[C@@](c1ccccc1)(C1CCCCC1)[C@@H](CN1CCOCC1)c1ccccc1. The van der Waals surface area contributed by atoms with Gasteiger partial charge >= 0.3 is 0 Å². The van der Waals surface area contributed by atoms with Crippen LogP contribution in [0.15, 0.2) is 60.7 Å². The third-order valence-corrected chi connectivity index (χ3v) is 6.74. The molecule has 4 rings (SSSR count). The summed E-state index contributed by atoms with van der Waals surface area (Å²) in [6.07, 6.45) is 5.95. The Bertz CT molecular complexity index is 708. The van der Waals surface area contributed by atoms with Gasteiger partial charge in [0.2, 0.25) is 0 Å². The summed E-state index contributed by atoms with van der Waals surface area (Å²) in [5, 5.41) is 12.5. The van der Waals surface area contributed by atoms with E-state index in [0.29, 0.717) is 5.92 Å². The second-order valence-corrected chi connectivity index (χ2v) is 8.40. The minimum Gasteiger partial charge on any atom is -0.384 e. The van der Waals surface area contributed by atoms with Gasteiger partial charge in [-0.25, -0.2) is 0 Å². The van der Waals surface area contributed by atoms with E-state index in [1.165, 1.54) is 24.8 Å². The molecule has 2 aromatic carbocycles. The molecular weight excluding hydrogens is 346 g/mol. The molecule has 1 aliphatic heterocycles. The van der Waals surface area contributed by atoms with Crippen molar-refractivity contribution < 1.29 is 9.84 Å². The van der Waals surface area contributed by atoms with Gasteiger partial charge in [-0.3, -0.25) is 4.90 Å². The number of hydrogen-bond donors (Lipinski definition) is 1. The van der Waals surface area contributed by atoms with E-state index in [4.69, 9.17) is 4.74 Å². The predicted octanol–water partition coefficient (Wildman–Crippen LogP) is 4.57. The molecule has 2 fully saturated rings. The van der Waals surface area contributed by atoms with Gasteiger partial charge in [0.05, 0.1) is 13.2 Å². The van der Waals surface area contributed by atoms with Crippen LogP contribution in [-0.4, -0.2) is 42.9 Å². The highest BCUT2D eigenvalue weighted by Crippen LogP contribution is 2.48. The number of benzene rings is 2. The summed E-state index contributed by atoms with van der Waals surface area (Å²) in [4.78, 5) is 2.47. The first-order valence-corrected chi connectivity index (χ1v) is 10.9. The monoisotopic (exact) mass is 379 g/mol. The molecule has 2 atom stereocenters. The molecule has 3 nitrogen and oxygen atoms in total. The molecule has 1 saturated heterocycles. The van der Waals surface area contributed by atoms with Crippen LogP contribution in [0.5, 0.6) is 0 Å². The minimum atomic E-state index is -0.846. The van der Waals surface area contributed by atoms with Crippen LogP contribution in [0.4, 0.5) is 0 Å². The number of hydrogen-bond acceptors (Lipinski definition) is 3. The summed E-state index contributed by atoms with van der Waals surface area (Å²) in [7, 11) is 0. The lowest BCUT2D eigenvalue weighted by molar-refractivity contribution is -0.0758. The number of ether oxygens (including phenoxy) is 1. The lowest BCUT2D eigenvalue weighted by Gasteiger charge is -2.46. The molecule has 28 heavy (non-hydrogen) atoms. The fourth-order valence-electron chi connectivity index (χ4n) is 5.20. The number of morpholine rings is 1. The van der Waals surface area contributed by atoms with Crippen molar-refractivity contribution in [2.24, 2.45) is 5.92 Å². The summed E-state index contributed by atoms with van der Waals surface area (Å²) in [5.74, 6) is 0.354. The molecule has 1 heterocycles. The topological polar surface area (TPSA) is 32.7 Å². The maximum atomic E-state index is 12.5. The maximum absolute atomic E-state index is 12.5. The summed E-state index contributed by atoms with van der Waals surface area (Å²) >= 11 is 0. The van der Waals surface area contributed by atoms with E-state index in [2.05, 4.69) is 59.5 Å². The second kappa shape index (κ2) is 9.21. The molecule has 1 aliphatic carbocycles. The molecule has 2 aromatic rings. The minimum absolute atomic E-state index is 0.0531. The highest BCUT2D eigenvalue weighted by molar-refractivity contribution is 5.33. The highest BCUT2D eigenvalue weighted by Gasteiger charge is 2.46. The van der Waals surface area contributed by atoms with Crippen LogP contribution in [0.1, 0.15) is 49.1 Å². The summed E-state index contributed by atoms with van der Waals surface area (Å²) in [6, 6.07) is 21.1. The smallest absolute Gasteiger partial charge is 0.100 e. The zero-order chi connectivity index (χ0) is 19.2. The van der Waals surface area contributed by atoms with E-state index in [1.54, 1.807) is 0 Å². The Balaban J connectivity index is 1.75. The van der Waals surface area contributed by atoms with Gasteiger partial charge in [0.15, 0.2) is 0 Å². The molecule has 0 bridgehead atoms. The molecule has 1 N–H and O–H groups in total. The first-order valence-electron chi connectivity index (χ1n) is 10.9. The molecule has 0 unspecified atom stereocenters. The normalized spacial score (nSPS) is 22.5. The summed E-state index contributed by atoms with van der Waals surface area (Å²) in [5.41, 5.74) is 1.47. The van der Waals surface area contributed by atoms with Crippen LogP contribution in [0.3, 0.4) is 0 Å². The van der Waals surface area contributed by atoms with Crippen LogP contribution < -0.4 is 0 Å². The average Bonchev–Trinajstić information content (AvgIpc) is 2.79. The highest BCUT2D eigenvalue weighted by atomic mass is 16.5. The molecule has 1 saturated carbocycles. The van der Waals surface area contributed by atoms with E-state index in [1.807, 2.05) is 6.07 Å². The molecule has 2 aliphatic rings. The van der Waals surface area contributed by atoms with Gasteiger partial charge in [0.25, 0.3) is 0 Å².